The number of hydrogen-bond acceptors (Lipinski definition) is 5. The average molecular weight is 425 g/mol. The first-order valence-electron chi connectivity index (χ1n) is 8.95. The third-order valence-corrected chi connectivity index (χ3v) is 6.24. The number of halogens is 1. The molecule has 1 saturated heterocycles. The van der Waals surface area contributed by atoms with Crippen molar-refractivity contribution in [2.45, 2.75) is 30.3 Å². The van der Waals surface area contributed by atoms with Gasteiger partial charge in [-0.2, -0.15) is 0 Å². The van der Waals surface area contributed by atoms with E-state index in [1.807, 2.05) is 18.2 Å². The number of rotatable bonds is 6. The van der Waals surface area contributed by atoms with Crippen LogP contribution in [0.15, 0.2) is 59.5 Å². The Hall–Kier alpha value is -1.93. The lowest BCUT2D eigenvalue weighted by molar-refractivity contribution is 0.0600. The molecule has 0 radical (unpaired) electrons. The van der Waals surface area contributed by atoms with Gasteiger partial charge in [0.1, 0.15) is 0 Å². The van der Waals surface area contributed by atoms with Crippen molar-refractivity contribution in [3.63, 3.8) is 0 Å². The van der Waals surface area contributed by atoms with E-state index in [9.17, 15) is 13.2 Å². The Morgan fingerprint density at radius 2 is 1.79 bits per heavy atom. The van der Waals surface area contributed by atoms with E-state index in [0.29, 0.717) is 0 Å². The molecular weight excluding hydrogens is 400 g/mol. The first-order chi connectivity index (χ1) is 13.0. The average Bonchev–Trinajstić information content (AvgIpc) is 2.69. The zero-order valence-corrected chi connectivity index (χ0v) is 17.3. The summed E-state index contributed by atoms with van der Waals surface area (Å²) >= 11 is 0. The summed E-state index contributed by atoms with van der Waals surface area (Å²) in [7, 11) is -2.41. The van der Waals surface area contributed by atoms with Crippen LogP contribution in [-0.4, -0.2) is 45.5 Å². The van der Waals surface area contributed by atoms with Gasteiger partial charge in [0, 0.05) is 25.7 Å². The lowest BCUT2D eigenvalue weighted by Gasteiger charge is -2.32. The Morgan fingerprint density at radius 3 is 2.43 bits per heavy atom. The van der Waals surface area contributed by atoms with Gasteiger partial charge in [-0.1, -0.05) is 36.4 Å². The number of ether oxygens (including phenoxy) is 1. The van der Waals surface area contributed by atoms with Gasteiger partial charge in [0.05, 0.1) is 17.6 Å². The number of benzene rings is 2. The molecule has 0 spiro atoms. The van der Waals surface area contributed by atoms with Crippen molar-refractivity contribution in [1.29, 1.82) is 0 Å². The van der Waals surface area contributed by atoms with E-state index in [1.54, 1.807) is 6.07 Å². The van der Waals surface area contributed by atoms with Crippen LogP contribution in [0.5, 0.6) is 0 Å². The van der Waals surface area contributed by atoms with Crippen LogP contribution in [0.4, 0.5) is 0 Å². The quantitative estimate of drug-likeness (QED) is 0.721. The molecule has 0 saturated carbocycles. The molecule has 2 aromatic carbocycles. The molecule has 152 valence electrons. The van der Waals surface area contributed by atoms with E-state index in [-0.39, 0.29) is 28.9 Å². The number of likely N-dealkylation sites (tertiary alicyclic amines) is 1. The van der Waals surface area contributed by atoms with E-state index in [4.69, 9.17) is 0 Å². The minimum Gasteiger partial charge on any atom is -0.465 e. The predicted molar refractivity (Wildman–Crippen MR) is 110 cm³/mol. The Labute approximate surface area is 172 Å². The summed E-state index contributed by atoms with van der Waals surface area (Å²) < 4.78 is 32.7. The second-order valence-electron chi connectivity index (χ2n) is 6.68. The van der Waals surface area contributed by atoms with E-state index >= 15 is 0 Å². The van der Waals surface area contributed by atoms with Crippen molar-refractivity contribution < 1.29 is 17.9 Å². The molecule has 0 atom stereocenters. The molecule has 8 heteroatoms. The monoisotopic (exact) mass is 424 g/mol. The van der Waals surface area contributed by atoms with Crippen LogP contribution in [0.2, 0.25) is 0 Å². The van der Waals surface area contributed by atoms with Gasteiger partial charge >= 0.3 is 5.97 Å². The Balaban J connectivity index is 0.00000280. The second kappa shape index (κ2) is 10.0. The third kappa shape index (κ3) is 5.78. The van der Waals surface area contributed by atoms with Gasteiger partial charge in [-0.05, 0) is 36.6 Å². The van der Waals surface area contributed by atoms with Gasteiger partial charge in [-0.3, -0.25) is 4.90 Å². The van der Waals surface area contributed by atoms with Crippen molar-refractivity contribution in [3.05, 3.63) is 65.7 Å². The fourth-order valence-electron chi connectivity index (χ4n) is 3.25. The number of carbonyl (C=O) groups is 1. The van der Waals surface area contributed by atoms with Gasteiger partial charge < -0.3 is 4.74 Å². The van der Waals surface area contributed by atoms with Crippen molar-refractivity contribution in [3.8, 4) is 0 Å². The van der Waals surface area contributed by atoms with Gasteiger partial charge in [-0.25, -0.2) is 17.9 Å². The normalized spacial score (nSPS) is 15.6. The van der Waals surface area contributed by atoms with Gasteiger partial charge in [-0.15, -0.1) is 12.4 Å². The highest BCUT2D eigenvalue weighted by Gasteiger charge is 2.25. The number of sulfonamides is 1. The standard InChI is InChI=1S/C20H24N2O4S.ClH/c1-26-20(23)17-8-5-9-19(14-17)27(24,25)21-18-10-12-22(13-11-18)15-16-6-3-2-4-7-16;/h2-9,14,18,21H,10-13,15H2,1H3;1H. The second-order valence-corrected chi connectivity index (χ2v) is 8.39. The number of hydrogen-bond donors (Lipinski definition) is 1. The molecule has 6 nitrogen and oxygen atoms in total. The highest BCUT2D eigenvalue weighted by molar-refractivity contribution is 7.89. The topological polar surface area (TPSA) is 75.7 Å². The number of carbonyl (C=O) groups excluding carboxylic acids is 1. The van der Waals surface area contributed by atoms with Crippen LogP contribution >= 0.6 is 12.4 Å². The summed E-state index contributed by atoms with van der Waals surface area (Å²) in [6, 6.07) is 16.1. The highest BCUT2D eigenvalue weighted by atomic mass is 35.5. The third-order valence-electron chi connectivity index (χ3n) is 4.72. The summed E-state index contributed by atoms with van der Waals surface area (Å²) in [5.41, 5.74) is 1.48. The molecule has 3 rings (SSSR count). The maximum Gasteiger partial charge on any atom is 0.337 e. The van der Waals surface area contributed by atoms with E-state index in [2.05, 4.69) is 26.5 Å². The molecule has 28 heavy (non-hydrogen) atoms. The fraction of sp³-hybridized carbons (Fsp3) is 0.350. The maximum atomic E-state index is 12.7. The number of piperidine rings is 1. The number of methoxy groups -OCH3 is 1. The van der Waals surface area contributed by atoms with Crippen LogP contribution in [-0.2, 0) is 21.3 Å². The molecule has 2 aromatic rings. The number of nitrogens with zero attached hydrogens (tertiary/aromatic N) is 1. The fourth-order valence-corrected chi connectivity index (χ4v) is 4.60. The van der Waals surface area contributed by atoms with Gasteiger partial charge in [0.15, 0.2) is 0 Å². The van der Waals surface area contributed by atoms with Crippen LogP contribution in [0.3, 0.4) is 0 Å². The minimum atomic E-state index is -3.68. The van der Waals surface area contributed by atoms with Crippen molar-refractivity contribution in [2.75, 3.05) is 20.2 Å². The van der Waals surface area contributed by atoms with Gasteiger partial charge in [0.2, 0.25) is 10.0 Å². The molecule has 1 aliphatic rings. The zero-order valence-electron chi connectivity index (χ0n) is 15.7. The Kier molecular flexibility index (Phi) is 8.00. The Morgan fingerprint density at radius 1 is 1.11 bits per heavy atom. The molecule has 1 aliphatic heterocycles. The van der Waals surface area contributed by atoms with Gasteiger partial charge in [0.25, 0.3) is 0 Å². The molecular formula is C20H25ClN2O4S. The Bertz CT molecular complexity index is 882. The molecule has 0 aliphatic carbocycles. The predicted octanol–water partition coefficient (Wildman–Crippen LogP) is 2.84. The molecule has 0 aromatic heterocycles. The van der Waals surface area contributed by atoms with Crippen LogP contribution in [0, 0.1) is 0 Å². The molecule has 1 N–H and O–H groups in total. The van der Waals surface area contributed by atoms with Crippen LogP contribution in [0.25, 0.3) is 0 Å². The molecule has 0 amide bonds. The highest BCUT2D eigenvalue weighted by Crippen LogP contribution is 2.18. The first kappa shape index (κ1) is 22.4. The van der Waals surface area contributed by atoms with Crippen molar-refractivity contribution in [1.82, 2.24) is 9.62 Å². The molecule has 0 unspecified atom stereocenters. The number of esters is 1. The maximum absolute atomic E-state index is 12.7. The number of nitrogens with one attached hydrogen (secondary N) is 1. The molecule has 1 fully saturated rings. The lowest BCUT2D eigenvalue weighted by atomic mass is 10.1. The van der Waals surface area contributed by atoms with Crippen molar-refractivity contribution in [2.24, 2.45) is 0 Å². The summed E-state index contributed by atoms with van der Waals surface area (Å²) in [6.45, 7) is 2.55. The smallest absolute Gasteiger partial charge is 0.337 e. The van der Waals surface area contributed by atoms with Crippen molar-refractivity contribution >= 4 is 28.4 Å². The SMILES string of the molecule is COC(=O)c1cccc(S(=O)(=O)NC2CCN(Cc3ccccc3)CC2)c1.Cl. The summed E-state index contributed by atoms with van der Waals surface area (Å²) in [5, 5.41) is 0. The molecule has 1 heterocycles. The minimum absolute atomic E-state index is 0. The first-order valence-corrected chi connectivity index (χ1v) is 10.4. The van der Waals surface area contributed by atoms with Crippen LogP contribution < -0.4 is 4.72 Å². The van der Waals surface area contributed by atoms with E-state index in [0.717, 1.165) is 32.5 Å². The molecule has 0 bridgehead atoms. The van der Waals surface area contributed by atoms with E-state index in [1.165, 1.54) is 30.9 Å². The summed E-state index contributed by atoms with van der Waals surface area (Å²) in [5.74, 6) is -0.554. The van der Waals surface area contributed by atoms with E-state index < -0.39 is 16.0 Å². The summed E-state index contributed by atoms with van der Waals surface area (Å²) in [4.78, 5) is 14.0. The summed E-state index contributed by atoms with van der Waals surface area (Å²) in [6.07, 6.45) is 1.51. The van der Waals surface area contributed by atoms with Crippen LogP contribution in [0.1, 0.15) is 28.8 Å². The lowest BCUT2D eigenvalue weighted by Crippen LogP contribution is -2.44. The largest absolute Gasteiger partial charge is 0.465 e. The zero-order chi connectivity index (χ0) is 19.3.